The molecule has 4 fully saturated rings. The lowest BCUT2D eigenvalue weighted by molar-refractivity contribution is -0.141. The number of carbonyl (C=O) groups excluding carboxylic acids is 4. The number of likely N-dealkylation sites (tertiary alicyclic amines) is 1. The smallest absolute Gasteiger partial charge is 0.408 e. The predicted molar refractivity (Wildman–Crippen MR) is 229 cm³/mol. The Morgan fingerprint density at radius 2 is 1.70 bits per heavy atom. The highest BCUT2D eigenvalue weighted by Crippen LogP contribution is 2.45. The Kier molecular flexibility index (Phi) is 12.2. The molecule has 0 spiro atoms. The standard InChI is InChI=1S/C45H53N7O8S/c1-3-5-6-7-11-22-36(47-44(56)60-31-18-12-13-19-31)42(54)51-28-32(25-38(51)41(53)48-45(27-30(45)4-2)43(55)50-61(57,58)33-23-24-33)59-39-26-37(29-16-9-8-10-17-29)46-40-34-20-14-15-21-35(34)49-52(39)40/h3-4,8-10,14-17,20-21,26,30-33,36,38H,1-2,5-7,11-13,18-19,22-25,27-28H2,(H,47,56)(H,48,53)(H,50,55)/t30?,32-,36+,38+,45-/m1/s1. The average Bonchev–Trinajstić information content (AvgIpc) is 4.08. The number of aromatic nitrogens is 3. The highest BCUT2D eigenvalue weighted by atomic mass is 32.2. The van der Waals surface area contributed by atoms with Crippen LogP contribution in [0, 0.1) is 5.92 Å². The fraction of sp³-hybridized carbons (Fsp3) is 0.467. The molecule has 1 aliphatic heterocycles. The third kappa shape index (κ3) is 9.14. The molecule has 2 aromatic heterocycles. The van der Waals surface area contributed by atoms with Gasteiger partial charge in [-0.1, -0.05) is 67.5 Å². The Morgan fingerprint density at radius 3 is 2.43 bits per heavy atom. The van der Waals surface area contributed by atoms with Gasteiger partial charge in [-0.25, -0.2) is 18.2 Å². The van der Waals surface area contributed by atoms with E-state index in [-0.39, 0.29) is 25.5 Å². The van der Waals surface area contributed by atoms with Crippen molar-refractivity contribution in [2.45, 2.75) is 119 Å². The number of allylic oxidation sites excluding steroid dienone is 1. The number of hydrogen-bond acceptors (Lipinski definition) is 10. The second kappa shape index (κ2) is 17.7. The van der Waals surface area contributed by atoms with Gasteiger partial charge in [0.25, 0.3) is 5.91 Å². The number of unbranched alkanes of at least 4 members (excludes halogenated alkanes) is 3. The van der Waals surface area contributed by atoms with Crippen molar-refractivity contribution in [1.82, 2.24) is 34.9 Å². The summed E-state index contributed by atoms with van der Waals surface area (Å²) in [6.45, 7) is 7.57. The molecule has 8 rings (SSSR count). The Morgan fingerprint density at radius 1 is 0.951 bits per heavy atom. The molecular weight excluding hydrogens is 799 g/mol. The van der Waals surface area contributed by atoms with Crippen molar-refractivity contribution in [3.8, 4) is 17.1 Å². The number of nitrogens with one attached hydrogen (secondary N) is 3. The molecule has 3 saturated carbocycles. The van der Waals surface area contributed by atoms with E-state index in [0.717, 1.165) is 55.9 Å². The van der Waals surface area contributed by atoms with Gasteiger partial charge in [-0.2, -0.15) is 9.61 Å². The molecule has 15 nitrogen and oxygen atoms in total. The van der Waals surface area contributed by atoms with Crippen LogP contribution in [0.4, 0.5) is 4.79 Å². The van der Waals surface area contributed by atoms with Gasteiger partial charge in [0.05, 0.1) is 23.0 Å². The fourth-order valence-corrected chi connectivity index (χ4v) is 9.98. The molecule has 322 valence electrons. The Labute approximate surface area is 355 Å². The Hall–Kier alpha value is -5.77. The van der Waals surface area contributed by atoms with E-state index in [1.807, 2.05) is 60.7 Å². The van der Waals surface area contributed by atoms with Crippen molar-refractivity contribution in [3.63, 3.8) is 0 Å². The van der Waals surface area contributed by atoms with E-state index < -0.39 is 68.7 Å². The fourth-order valence-electron chi connectivity index (χ4n) is 8.62. The first-order chi connectivity index (χ1) is 29.5. The molecule has 5 atom stereocenters. The number of hydrogen-bond donors (Lipinski definition) is 3. The summed E-state index contributed by atoms with van der Waals surface area (Å²) in [7, 11) is -3.92. The van der Waals surface area contributed by atoms with Crippen molar-refractivity contribution < 1.29 is 37.1 Å². The first-order valence-electron chi connectivity index (χ1n) is 21.4. The van der Waals surface area contributed by atoms with E-state index in [1.165, 1.54) is 11.0 Å². The second-order valence-electron chi connectivity index (χ2n) is 16.7. The normalized spacial score (nSPS) is 23.0. The molecular formula is C45H53N7O8S. The summed E-state index contributed by atoms with van der Waals surface area (Å²) < 4.78 is 42.0. The maximum absolute atomic E-state index is 14.8. The Balaban J connectivity index is 1.11. The third-order valence-electron chi connectivity index (χ3n) is 12.3. The minimum atomic E-state index is -3.92. The van der Waals surface area contributed by atoms with E-state index in [1.54, 1.807) is 10.6 Å². The number of alkyl carbamates (subject to hydrolysis) is 1. The lowest BCUT2D eigenvalue weighted by Crippen LogP contribution is -2.58. The number of fused-ring (bicyclic) bond motifs is 3. The maximum atomic E-state index is 14.8. The van der Waals surface area contributed by atoms with Gasteiger partial charge in [0.1, 0.15) is 29.8 Å². The third-order valence-corrected chi connectivity index (χ3v) is 14.1. The van der Waals surface area contributed by atoms with E-state index in [0.29, 0.717) is 48.4 Å². The van der Waals surface area contributed by atoms with E-state index in [4.69, 9.17) is 19.6 Å². The van der Waals surface area contributed by atoms with Crippen LogP contribution in [0.3, 0.4) is 0 Å². The summed E-state index contributed by atoms with van der Waals surface area (Å²) >= 11 is 0. The summed E-state index contributed by atoms with van der Waals surface area (Å²) in [5.41, 5.74) is 1.17. The van der Waals surface area contributed by atoms with Gasteiger partial charge in [0.2, 0.25) is 27.7 Å². The van der Waals surface area contributed by atoms with Crippen LogP contribution in [0.15, 0.2) is 86.0 Å². The molecule has 3 aliphatic carbocycles. The van der Waals surface area contributed by atoms with Crippen LogP contribution in [-0.2, 0) is 29.1 Å². The molecule has 2 aromatic carbocycles. The maximum Gasteiger partial charge on any atom is 0.408 e. The molecule has 1 unspecified atom stereocenters. The second-order valence-corrected chi connectivity index (χ2v) is 18.7. The largest absolute Gasteiger partial charge is 0.472 e. The van der Waals surface area contributed by atoms with Crippen molar-refractivity contribution in [2.24, 2.45) is 5.92 Å². The van der Waals surface area contributed by atoms with Crippen LogP contribution in [0.25, 0.3) is 27.8 Å². The van der Waals surface area contributed by atoms with Crippen molar-refractivity contribution in [1.29, 1.82) is 0 Å². The van der Waals surface area contributed by atoms with E-state index >= 15 is 0 Å². The van der Waals surface area contributed by atoms with Gasteiger partial charge < -0.3 is 25.0 Å². The zero-order chi connectivity index (χ0) is 42.7. The van der Waals surface area contributed by atoms with Crippen molar-refractivity contribution >= 4 is 50.4 Å². The van der Waals surface area contributed by atoms with Gasteiger partial charge in [-0.05, 0) is 76.3 Å². The number of amides is 4. The van der Waals surface area contributed by atoms with Crippen LogP contribution in [0.5, 0.6) is 5.88 Å². The minimum absolute atomic E-state index is 0.0122. The summed E-state index contributed by atoms with van der Waals surface area (Å²) in [4.78, 5) is 62.8. The number of ether oxygens (including phenoxy) is 2. The van der Waals surface area contributed by atoms with Gasteiger partial charge in [-0.15, -0.1) is 13.2 Å². The number of sulfonamides is 1. The van der Waals surface area contributed by atoms with Crippen molar-refractivity contribution in [2.75, 3.05) is 6.54 Å². The molecule has 4 amide bonds. The summed E-state index contributed by atoms with van der Waals surface area (Å²) in [6.07, 6.45) is 9.53. The monoisotopic (exact) mass is 851 g/mol. The first kappa shape index (κ1) is 41.9. The SMILES string of the molecule is C=CCCCCC[C@H](NC(=O)OC1CCCC1)C(=O)N1C[C@H](Oc2cc(-c3ccccc3)nc3c4ccccc4nn23)C[C@H]1C(=O)N[C@]1(C(=O)NS(=O)(=O)C2CC2)CC1C=C. The van der Waals surface area contributed by atoms with Crippen LogP contribution in [-0.4, -0.2) is 93.4 Å². The van der Waals surface area contributed by atoms with Gasteiger partial charge in [0, 0.05) is 29.4 Å². The molecule has 0 bridgehead atoms. The quantitative estimate of drug-likeness (QED) is 0.0822. The lowest BCUT2D eigenvalue weighted by atomic mass is 10.0. The highest BCUT2D eigenvalue weighted by Gasteiger charge is 2.62. The lowest BCUT2D eigenvalue weighted by Gasteiger charge is -2.30. The number of rotatable bonds is 18. The van der Waals surface area contributed by atoms with Gasteiger partial charge >= 0.3 is 6.09 Å². The summed E-state index contributed by atoms with van der Waals surface area (Å²) in [5.74, 6) is -2.19. The summed E-state index contributed by atoms with van der Waals surface area (Å²) in [5, 5.41) is 10.6. The van der Waals surface area contributed by atoms with Gasteiger partial charge in [-0.3, -0.25) is 19.1 Å². The molecule has 3 N–H and O–H groups in total. The van der Waals surface area contributed by atoms with Crippen LogP contribution in [0.1, 0.15) is 83.5 Å². The zero-order valence-corrected chi connectivity index (χ0v) is 35.0. The van der Waals surface area contributed by atoms with Gasteiger partial charge in [0.15, 0.2) is 5.65 Å². The molecule has 4 aliphatic rings. The number of carbonyl (C=O) groups is 4. The average molecular weight is 852 g/mol. The van der Waals surface area contributed by atoms with E-state index in [2.05, 4.69) is 28.5 Å². The zero-order valence-electron chi connectivity index (χ0n) is 34.2. The highest BCUT2D eigenvalue weighted by molar-refractivity contribution is 7.91. The Bertz CT molecular complexity index is 2430. The minimum Gasteiger partial charge on any atom is -0.472 e. The van der Waals surface area contributed by atoms with Crippen LogP contribution >= 0.6 is 0 Å². The predicted octanol–water partition coefficient (Wildman–Crippen LogP) is 5.74. The molecule has 4 aromatic rings. The van der Waals surface area contributed by atoms with Crippen molar-refractivity contribution in [3.05, 3.63) is 86.0 Å². The number of benzene rings is 2. The molecule has 1 saturated heterocycles. The summed E-state index contributed by atoms with van der Waals surface area (Å²) in [6, 6.07) is 16.8. The molecule has 61 heavy (non-hydrogen) atoms. The first-order valence-corrected chi connectivity index (χ1v) is 22.9. The molecule has 3 heterocycles. The van der Waals surface area contributed by atoms with Crippen LogP contribution in [0.2, 0.25) is 0 Å². The van der Waals surface area contributed by atoms with Crippen LogP contribution < -0.4 is 20.1 Å². The topological polar surface area (TPSA) is 190 Å². The molecule has 16 heteroatoms. The van der Waals surface area contributed by atoms with E-state index in [9.17, 15) is 27.6 Å². The number of nitrogens with zero attached hydrogens (tertiary/aromatic N) is 4. The molecule has 0 radical (unpaired) electrons.